The lowest BCUT2D eigenvalue weighted by atomic mass is 10.0. The highest BCUT2D eigenvalue weighted by Gasteiger charge is 2.33. The first-order valence-electron chi connectivity index (χ1n) is 20.1. The maximum atomic E-state index is 11.5. The SMILES string of the molecule is C=C(C)C(=O)NCc1ccccc1.C=CC(=O)OCCOc1ccccc1-c1ccccc1.C=CC(=O)OCc1ccc(-c2ccccc2)cc1.C=CN1C(=O)c2ccccc2C1=O. The lowest BCUT2D eigenvalue weighted by Gasteiger charge is -2.11. The van der Waals surface area contributed by atoms with E-state index >= 15 is 0 Å². The standard InChI is InChI=1S/C17H16O3.C16H14O2.C11H13NO.C10H7NO2/c1-2-17(18)20-13-12-19-16-11-7-6-10-15(16)14-8-4-3-5-9-14;1-2-16(17)18-12-13-8-10-15(11-9-13)14-6-4-3-5-7-14;1-9(2)11(13)12-8-10-6-4-3-5-7-10;1-2-11-9(12)7-5-3-4-6-8(7)10(11)13/h2-11H,1,12-13H2;2-11H,1,12H2;3-7H,1,8H2,2H3,(H,12,13);2-6H,1H2. The number of fused-ring (bicyclic) bond motifs is 1. The maximum Gasteiger partial charge on any atom is 0.330 e. The largest absolute Gasteiger partial charge is 0.489 e. The third-order valence-corrected chi connectivity index (χ3v) is 9.02. The van der Waals surface area contributed by atoms with E-state index in [0.29, 0.717) is 29.9 Å². The van der Waals surface area contributed by atoms with E-state index in [9.17, 15) is 24.0 Å². The summed E-state index contributed by atoms with van der Waals surface area (Å²) in [6.07, 6.45) is 3.54. The van der Waals surface area contributed by atoms with Crippen LogP contribution in [0.3, 0.4) is 0 Å². The first-order chi connectivity index (χ1) is 31.1. The Hall–Kier alpha value is -8.37. The van der Waals surface area contributed by atoms with Crippen molar-refractivity contribution in [3.8, 4) is 28.0 Å². The predicted octanol–water partition coefficient (Wildman–Crippen LogP) is 10.3. The summed E-state index contributed by atoms with van der Waals surface area (Å²) in [4.78, 5) is 56.9. The van der Waals surface area contributed by atoms with Crippen molar-refractivity contribution in [1.29, 1.82) is 0 Å². The van der Waals surface area contributed by atoms with Crippen LogP contribution in [0, 0.1) is 0 Å². The summed E-state index contributed by atoms with van der Waals surface area (Å²) in [5, 5.41) is 2.76. The van der Waals surface area contributed by atoms with Gasteiger partial charge in [-0.3, -0.25) is 14.4 Å². The Morgan fingerprint density at radius 3 is 1.55 bits per heavy atom. The van der Waals surface area contributed by atoms with Crippen LogP contribution in [-0.2, 0) is 37.0 Å². The van der Waals surface area contributed by atoms with Gasteiger partial charge in [0.2, 0.25) is 5.91 Å². The summed E-state index contributed by atoms with van der Waals surface area (Å²) in [5.74, 6) is -0.754. The summed E-state index contributed by atoms with van der Waals surface area (Å²) >= 11 is 0. The van der Waals surface area contributed by atoms with E-state index in [4.69, 9.17) is 14.2 Å². The second-order valence-corrected chi connectivity index (χ2v) is 13.6. The minimum absolute atomic E-state index is 0.0937. The average Bonchev–Trinajstić information content (AvgIpc) is 3.60. The molecule has 1 aliphatic heterocycles. The van der Waals surface area contributed by atoms with E-state index in [1.54, 1.807) is 31.2 Å². The quantitative estimate of drug-likeness (QED) is 0.0496. The van der Waals surface area contributed by atoms with Crippen molar-refractivity contribution in [1.82, 2.24) is 10.2 Å². The Morgan fingerprint density at radius 2 is 1.02 bits per heavy atom. The molecule has 0 saturated heterocycles. The molecule has 6 aromatic carbocycles. The topological polar surface area (TPSA) is 128 Å². The van der Waals surface area contributed by atoms with Gasteiger partial charge >= 0.3 is 11.9 Å². The number of para-hydroxylation sites is 1. The first kappa shape index (κ1) is 48.3. The lowest BCUT2D eigenvalue weighted by molar-refractivity contribution is -0.139. The third-order valence-electron chi connectivity index (χ3n) is 9.02. The molecule has 1 aliphatic rings. The predicted molar refractivity (Wildman–Crippen MR) is 251 cm³/mol. The average molecular weight is 855 g/mol. The molecule has 1 heterocycles. The molecule has 0 aromatic heterocycles. The molecule has 0 radical (unpaired) electrons. The number of imide groups is 1. The number of carbonyl (C=O) groups is 5. The number of rotatable bonds is 14. The number of carbonyl (C=O) groups excluding carboxylic acids is 5. The van der Waals surface area contributed by atoms with Gasteiger partial charge in [-0.15, -0.1) is 0 Å². The van der Waals surface area contributed by atoms with Gasteiger partial charge in [0.05, 0.1) is 11.1 Å². The molecule has 64 heavy (non-hydrogen) atoms. The monoisotopic (exact) mass is 854 g/mol. The van der Waals surface area contributed by atoms with Crippen molar-refractivity contribution in [2.45, 2.75) is 20.1 Å². The number of hydrogen-bond acceptors (Lipinski definition) is 8. The summed E-state index contributed by atoms with van der Waals surface area (Å²) < 4.78 is 15.5. The lowest BCUT2D eigenvalue weighted by Crippen LogP contribution is -2.22. The fourth-order valence-electron chi connectivity index (χ4n) is 5.74. The Labute approximate surface area is 374 Å². The highest BCUT2D eigenvalue weighted by molar-refractivity contribution is 6.22. The minimum atomic E-state index is -0.440. The molecule has 1 N–H and O–H groups in total. The van der Waals surface area contributed by atoms with Gasteiger partial charge in [0.15, 0.2) is 0 Å². The molecule has 7 rings (SSSR count). The molecule has 6 aromatic rings. The maximum absolute atomic E-state index is 11.5. The second-order valence-electron chi connectivity index (χ2n) is 13.6. The fourth-order valence-corrected chi connectivity index (χ4v) is 5.74. The van der Waals surface area contributed by atoms with Gasteiger partial charge in [0, 0.05) is 36.0 Å². The second kappa shape index (κ2) is 26.1. The summed E-state index contributed by atoms with van der Waals surface area (Å²) in [6.45, 7) is 16.7. The molecule has 0 fully saturated rings. The van der Waals surface area contributed by atoms with Crippen molar-refractivity contribution in [3.63, 3.8) is 0 Å². The van der Waals surface area contributed by atoms with Crippen LogP contribution < -0.4 is 10.1 Å². The van der Waals surface area contributed by atoms with Gasteiger partial charge in [-0.1, -0.05) is 172 Å². The van der Waals surface area contributed by atoms with E-state index in [2.05, 4.69) is 43.8 Å². The molecular formula is C54H50N2O8. The van der Waals surface area contributed by atoms with Gasteiger partial charge in [0.1, 0.15) is 25.6 Å². The summed E-state index contributed by atoms with van der Waals surface area (Å²) in [6, 6.07) is 52.4. The van der Waals surface area contributed by atoms with E-state index in [1.807, 2.05) is 127 Å². The van der Waals surface area contributed by atoms with Crippen LogP contribution in [0.1, 0.15) is 38.8 Å². The van der Waals surface area contributed by atoms with Gasteiger partial charge in [-0.2, -0.15) is 0 Å². The molecule has 10 heteroatoms. The first-order valence-corrected chi connectivity index (χ1v) is 20.1. The zero-order chi connectivity index (χ0) is 46.1. The smallest absolute Gasteiger partial charge is 0.330 e. The van der Waals surface area contributed by atoms with Crippen LogP contribution >= 0.6 is 0 Å². The Kier molecular flexibility index (Phi) is 19.7. The molecule has 0 saturated carbocycles. The molecular weight excluding hydrogens is 805 g/mol. The van der Waals surface area contributed by atoms with Gasteiger partial charge in [0.25, 0.3) is 11.8 Å². The Morgan fingerprint density at radius 1 is 0.547 bits per heavy atom. The molecule has 0 bridgehead atoms. The van der Waals surface area contributed by atoms with Crippen molar-refractivity contribution < 1.29 is 38.2 Å². The third kappa shape index (κ3) is 15.3. The van der Waals surface area contributed by atoms with Crippen LogP contribution in [0.2, 0.25) is 0 Å². The molecule has 0 unspecified atom stereocenters. The number of hydrogen-bond donors (Lipinski definition) is 1. The molecule has 0 aliphatic carbocycles. The van der Waals surface area contributed by atoms with E-state index in [1.165, 1.54) is 17.8 Å². The zero-order valence-electron chi connectivity index (χ0n) is 35.7. The number of nitrogens with one attached hydrogen (secondary N) is 1. The van der Waals surface area contributed by atoms with Crippen molar-refractivity contribution in [3.05, 3.63) is 236 Å². The molecule has 324 valence electrons. The van der Waals surface area contributed by atoms with Gasteiger partial charge < -0.3 is 19.5 Å². The van der Waals surface area contributed by atoms with Gasteiger partial charge in [-0.25, -0.2) is 14.5 Å². The van der Waals surface area contributed by atoms with E-state index in [-0.39, 0.29) is 30.9 Å². The number of nitrogens with zero attached hydrogens (tertiary/aromatic N) is 1. The van der Waals surface area contributed by atoms with Crippen molar-refractivity contribution in [2.75, 3.05) is 13.2 Å². The number of esters is 2. The van der Waals surface area contributed by atoms with E-state index in [0.717, 1.165) is 44.5 Å². The number of ether oxygens (including phenoxy) is 3. The normalized spacial score (nSPS) is 10.7. The van der Waals surface area contributed by atoms with Crippen LogP contribution in [-0.4, -0.2) is 47.8 Å². The Balaban J connectivity index is 0.000000190. The highest BCUT2D eigenvalue weighted by Crippen LogP contribution is 2.29. The summed E-state index contributed by atoms with van der Waals surface area (Å²) in [5.41, 5.74) is 7.92. The highest BCUT2D eigenvalue weighted by atomic mass is 16.6. The van der Waals surface area contributed by atoms with Crippen molar-refractivity contribution >= 4 is 29.7 Å². The summed E-state index contributed by atoms with van der Waals surface area (Å²) in [7, 11) is 0. The van der Waals surface area contributed by atoms with E-state index < -0.39 is 11.9 Å². The molecule has 10 nitrogen and oxygen atoms in total. The van der Waals surface area contributed by atoms with Crippen LogP contribution in [0.5, 0.6) is 5.75 Å². The zero-order valence-corrected chi connectivity index (χ0v) is 35.7. The molecule has 0 spiro atoms. The molecule has 0 atom stereocenters. The van der Waals surface area contributed by atoms with Gasteiger partial charge in [-0.05, 0) is 52.9 Å². The number of benzene rings is 6. The number of amides is 3. The Bertz CT molecular complexity index is 2480. The van der Waals surface area contributed by atoms with Crippen LogP contribution in [0.25, 0.3) is 22.3 Å². The fraction of sp³-hybridized carbons (Fsp3) is 0.0926. The van der Waals surface area contributed by atoms with Crippen LogP contribution in [0.4, 0.5) is 0 Å². The van der Waals surface area contributed by atoms with Crippen LogP contribution in [0.15, 0.2) is 214 Å². The molecule has 3 amide bonds. The van der Waals surface area contributed by atoms with Crippen molar-refractivity contribution in [2.24, 2.45) is 0 Å². The minimum Gasteiger partial charge on any atom is -0.489 e.